The van der Waals surface area contributed by atoms with Gasteiger partial charge in [0, 0.05) is 5.75 Å². The van der Waals surface area contributed by atoms with Gasteiger partial charge in [0.1, 0.15) is 4.75 Å². The van der Waals surface area contributed by atoms with Crippen LogP contribution in [0.15, 0.2) is 0 Å². The van der Waals surface area contributed by atoms with Crippen LogP contribution in [0.4, 0.5) is 0 Å². The Morgan fingerprint density at radius 3 is 2.44 bits per heavy atom. The van der Waals surface area contributed by atoms with Gasteiger partial charge in [0.25, 0.3) is 10.1 Å². The van der Waals surface area contributed by atoms with Crippen molar-refractivity contribution in [3.05, 3.63) is 0 Å². The Balaban J connectivity index is 3.59. The molecule has 0 aliphatic rings. The smallest absolute Gasteiger partial charge is 0.320 e. The third-order valence-electron chi connectivity index (χ3n) is 1.45. The highest BCUT2D eigenvalue weighted by atomic mass is 33.1. The largest absolute Gasteiger partial charge is 0.480 e. The molecule has 0 atom stereocenters. The van der Waals surface area contributed by atoms with Crippen LogP contribution in [0.25, 0.3) is 0 Å². The minimum Gasteiger partial charge on any atom is -0.480 e. The second-order valence-corrected chi connectivity index (χ2v) is 8.28. The minimum absolute atomic E-state index is 0.139. The maximum atomic E-state index is 10.7. The molecule has 5 nitrogen and oxygen atoms in total. The summed E-state index contributed by atoms with van der Waals surface area (Å²) in [7, 11) is -0.706. The van der Waals surface area contributed by atoms with E-state index < -0.39 is 20.8 Å². The number of aliphatic carboxylic acids is 1. The molecule has 1 N–H and O–H groups in total. The van der Waals surface area contributed by atoms with Crippen molar-refractivity contribution >= 4 is 37.7 Å². The average molecular weight is 288 g/mol. The monoisotopic (exact) mass is 288 g/mol. The van der Waals surface area contributed by atoms with Crippen molar-refractivity contribution in [1.82, 2.24) is 0 Å². The molecular weight excluding hydrogens is 272 g/mol. The first-order valence-electron chi connectivity index (χ1n) is 4.53. The lowest BCUT2D eigenvalue weighted by atomic mass is 10.2. The fourth-order valence-electron chi connectivity index (χ4n) is 0.553. The van der Waals surface area contributed by atoms with Crippen LogP contribution in [0.3, 0.4) is 0 Å². The van der Waals surface area contributed by atoms with E-state index in [2.05, 4.69) is 4.18 Å². The predicted molar refractivity (Wildman–Crippen MR) is 67.2 cm³/mol. The van der Waals surface area contributed by atoms with E-state index >= 15 is 0 Å². The number of rotatable bonds is 8. The highest BCUT2D eigenvalue weighted by Crippen LogP contribution is 2.35. The molecule has 16 heavy (non-hydrogen) atoms. The number of carboxylic acids is 1. The van der Waals surface area contributed by atoms with Crippen LogP contribution in [0.1, 0.15) is 20.3 Å². The first kappa shape index (κ1) is 16.1. The summed E-state index contributed by atoms with van der Waals surface area (Å²) in [6.45, 7) is 3.39. The molecule has 0 saturated heterocycles. The standard InChI is InChI=1S/C8H16O5S3/c1-8(2,7(9)10)15-14-6-4-5-13-16(3,11)12/h4-6H2,1-3H3,(H,9,10). The summed E-state index contributed by atoms with van der Waals surface area (Å²) in [5.74, 6) is -0.214. The van der Waals surface area contributed by atoms with Crippen LogP contribution >= 0.6 is 21.6 Å². The molecule has 0 radical (unpaired) electrons. The summed E-state index contributed by atoms with van der Waals surface area (Å²) >= 11 is 0. The molecule has 0 heterocycles. The van der Waals surface area contributed by atoms with E-state index in [1.807, 2.05) is 0 Å². The molecule has 96 valence electrons. The summed E-state index contributed by atoms with van der Waals surface area (Å²) in [4.78, 5) is 10.7. The molecule has 0 spiro atoms. The van der Waals surface area contributed by atoms with Gasteiger partial charge >= 0.3 is 5.97 Å². The molecule has 0 unspecified atom stereocenters. The van der Waals surface area contributed by atoms with Crippen molar-refractivity contribution in [3.8, 4) is 0 Å². The van der Waals surface area contributed by atoms with Crippen molar-refractivity contribution in [2.75, 3.05) is 18.6 Å². The molecule has 0 aromatic heterocycles. The summed E-state index contributed by atoms with van der Waals surface area (Å²) in [5, 5.41) is 8.81. The van der Waals surface area contributed by atoms with E-state index in [9.17, 15) is 13.2 Å². The maximum Gasteiger partial charge on any atom is 0.320 e. The van der Waals surface area contributed by atoms with Crippen LogP contribution in [0.5, 0.6) is 0 Å². The normalized spacial score (nSPS) is 12.7. The quantitative estimate of drug-likeness (QED) is 0.413. The first-order chi connectivity index (χ1) is 7.15. The van der Waals surface area contributed by atoms with Gasteiger partial charge < -0.3 is 5.11 Å². The number of hydrogen-bond acceptors (Lipinski definition) is 6. The van der Waals surface area contributed by atoms with Crippen molar-refractivity contribution in [2.24, 2.45) is 0 Å². The summed E-state index contributed by atoms with van der Waals surface area (Å²) in [6.07, 6.45) is 1.57. The zero-order valence-corrected chi connectivity index (χ0v) is 11.9. The minimum atomic E-state index is -3.36. The molecule has 0 aliphatic heterocycles. The Labute approximate surface area is 104 Å². The Morgan fingerprint density at radius 2 is 2.00 bits per heavy atom. The molecule has 0 fully saturated rings. The fraction of sp³-hybridized carbons (Fsp3) is 0.875. The van der Waals surface area contributed by atoms with E-state index in [1.54, 1.807) is 13.8 Å². The average Bonchev–Trinajstić information content (AvgIpc) is 2.09. The lowest BCUT2D eigenvalue weighted by molar-refractivity contribution is -0.138. The van der Waals surface area contributed by atoms with E-state index in [1.165, 1.54) is 21.6 Å². The molecular formula is C8H16O5S3. The molecule has 0 aromatic carbocycles. The van der Waals surface area contributed by atoms with Gasteiger partial charge in [0.05, 0.1) is 12.9 Å². The van der Waals surface area contributed by atoms with E-state index in [-0.39, 0.29) is 6.61 Å². The molecule has 0 saturated carbocycles. The van der Waals surface area contributed by atoms with Crippen molar-refractivity contribution in [2.45, 2.75) is 25.0 Å². The van der Waals surface area contributed by atoms with Gasteiger partial charge in [0.15, 0.2) is 0 Å². The zero-order valence-electron chi connectivity index (χ0n) is 9.43. The summed E-state index contributed by atoms with van der Waals surface area (Å²) in [6, 6.07) is 0. The van der Waals surface area contributed by atoms with Crippen LogP contribution in [-0.2, 0) is 19.1 Å². The topological polar surface area (TPSA) is 80.7 Å². The third-order valence-corrected chi connectivity index (χ3v) is 5.31. The third kappa shape index (κ3) is 8.26. The van der Waals surface area contributed by atoms with Crippen LogP contribution < -0.4 is 0 Å². The van der Waals surface area contributed by atoms with Gasteiger partial charge in [-0.1, -0.05) is 21.6 Å². The Morgan fingerprint density at radius 1 is 1.44 bits per heavy atom. The Kier molecular flexibility index (Phi) is 6.76. The molecule has 0 bridgehead atoms. The Bertz CT molecular complexity index is 323. The molecule has 0 rings (SSSR count). The number of carboxylic acid groups (broad SMARTS) is 1. The van der Waals surface area contributed by atoms with E-state index in [4.69, 9.17) is 5.11 Å². The van der Waals surface area contributed by atoms with Gasteiger partial charge in [-0.2, -0.15) is 8.42 Å². The molecule has 0 aliphatic carbocycles. The predicted octanol–water partition coefficient (Wildman–Crippen LogP) is 1.60. The van der Waals surface area contributed by atoms with Gasteiger partial charge in [-0.3, -0.25) is 8.98 Å². The SMILES string of the molecule is CC(C)(SSCCCOS(C)(=O)=O)C(=O)O. The van der Waals surface area contributed by atoms with Crippen LogP contribution in [-0.4, -0.2) is 42.9 Å². The van der Waals surface area contributed by atoms with Gasteiger partial charge in [-0.25, -0.2) is 0 Å². The summed E-state index contributed by atoms with van der Waals surface area (Å²) < 4.78 is 24.9. The first-order valence-corrected chi connectivity index (χ1v) is 8.67. The maximum absolute atomic E-state index is 10.7. The molecule has 0 amide bonds. The van der Waals surface area contributed by atoms with Gasteiger partial charge in [-0.05, 0) is 20.3 Å². The second-order valence-electron chi connectivity index (χ2n) is 3.60. The Hall–Kier alpha value is 0.0800. The van der Waals surface area contributed by atoms with Crippen molar-refractivity contribution in [3.63, 3.8) is 0 Å². The lowest BCUT2D eigenvalue weighted by Gasteiger charge is -2.16. The number of hydrogen-bond donors (Lipinski definition) is 1. The summed E-state index contributed by atoms with van der Waals surface area (Å²) in [5.41, 5.74) is 0. The van der Waals surface area contributed by atoms with E-state index in [0.29, 0.717) is 12.2 Å². The van der Waals surface area contributed by atoms with Crippen LogP contribution in [0.2, 0.25) is 0 Å². The lowest BCUT2D eigenvalue weighted by Crippen LogP contribution is -2.26. The second kappa shape index (κ2) is 6.73. The van der Waals surface area contributed by atoms with Crippen LogP contribution in [0, 0.1) is 0 Å². The van der Waals surface area contributed by atoms with Gasteiger partial charge in [0.2, 0.25) is 0 Å². The van der Waals surface area contributed by atoms with Gasteiger partial charge in [-0.15, -0.1) is 0 Å². The number of carbonyl (C=O) groups is 1. The zero-order chi connectivity index (χ0) is 12.8. The highest BCUT2D eigenvalue weighted by molar-refractivity contribution is 8.77. The molecule has 8 heteroatoms. The van der Waals surface area contributed by atoms with Crippen molar-refractivity contribution in [1.29, 1.82) is 0 Å². The van der Waals surface area contributed by atoms with E-state index in [0.717, 1.165) is 6.26 Å². The fourth-order valence-corrected chi connectivity index (χ4v) is 3.36. The highest BCUT2D eigenvalue weighted by Gasteiger charge is 2.27. The van der Waals surface area contributed by atoms with Crippen molar-refractivity contribution < 1.29 is 22.5 Å². The molecule has 0 aromatic rings.